The molecule has 1 aromatic rings. The number of rotatable bonds is 2. The van der Waals surface area contributed by atoms with E-state index >= 15 is 0 Å². The highest BCUT2D eigenvalue weighted by Crippen LogP contribution is 2.27. The summed E-state index contributed by atoms with van der Waals surface area (Å²) in [5.74, 6) is 0.897. The molecular weight excluding hydrogens is 168 g/mol. The van der Waals surface area contributed by atoms with Crippen LogP contribution in [0.5, 0.6) is 0 Å². The predicted molar refractivity (Wildman–Crippen MR) is 52.5 cm³/mol. The van der Waals surface area contributed by atoms with Gasteiger partial charge in [-0.05, 0) is 36.7 Å². The summed E-state index contributed by atoms with van der Waals surface area (Å²) >= 11 is 1.51. The van der Waals surface area contributed by atoms with Gasteiger partial charge < -0.3 is 5.32 Å². The first-order chi connectivity index (χ1) is 5.84. The molecule has 2 unspecified atom stereocenters. The molecule has 1 saturated carbocycles. The minimum Gasteiger partial charge on any atom is -0.380 e. The van der Waals surface area contributed by atoms with Crippen molar-refractivity contribution in [3.05, 3.63) is 11.6 Å². The molecule has 3 heteroatoms. The van der Waals surface area contributed by atoms with Crippen LogP contribution in [0.25, 0.3) is 0 Å². The standard InChI is InChI=1S/C9H14N2S/c1-7-2-3-8(4-7)11-9-5-10-12-6-9/h5-8,11H,2-4H2,1H3. The molecule has 0 amide bonds. The van der Waals surface area contributed by atoms with Crippen LogP contribution in [0.3, 0.4) is 0 Å². The monoisotopic (exact) mass is 182 g/mol. The molecule has 1 aliphatic rings. The summed E-state index contributed by atoms with van der Waals surface area (Å²) in [6, 6.07) is 0.691. The molecule has 1 aromatic heterocycles. The van der Waals surface area contributed by atoms with E-state index < -0.39 is 0 Å². The molecule has 0 saturated heterocycles. The molecule has 2 atom stereocenters. The van der Waals surface area contributed by atoms with Gasteiger partial charge in [-0.25, -0.2) is 0 Å². The number of hydrogen-bond donors (Lipinski definition) is 1. The van der Waals surface area contributed by atoms with Gasteiger partial charge in [-0.3, -0.25) is 0 Å². The van der Waals surface area contributed by atoms with Crippen LogP contribution in [0, 0.1) is 5.92 Å². The molecule has 1 heterocycles. The smallest absolute Gasteiger partial charge is 0.0655 e. The predicted octanol–water partition coefficient (Wildman–Crippen LogP) is 2.74. The molecule has 2 rings (SSSR count). The first-order valence-electron chi connectivity index (χ1n) is 4.50. The lowest BCUT2D eigenvalue weighted by Crippen LogP contribution is -2.14. The highest BCUT2D eigenvalue weighted by Gasteiger charge is 2.20. The molecular formula is C9H14N2S. The topological polar surface area (TPSA) is 24.9 Å². The van der Waals surface area contributed by atoms with E-state index in [1.54, 1.807) is 0 Å². The Morgan fingerprint density at radius 3 is 3.08 bits per heavy atom. The lowest BCUT2D eigenvalue weighted by atomic mass is 10.1. The van der Waals surface area contributed by atoms with Gasteiger partial charge in [0.15, 0.2) is 0 Å². The first-order valence-corrected chi connectivity index (χ1v) is 5.34. The van der Waals surface area contributed by atoms with Crippen molar-refractivity contribution in [2.75, 3.05) is 5.32 Å². The Balaban J connectivity index is 1.88. The van der Waals surface area contributed by atoms with E-state index in [4.69, 9.17) is 0 Å². The summed E-state index contributed by atoms with van der Waals surface area (Å²) in [6.45, 7) is 2.33. The van der Waals surface area contributed by atoms with Crippen molar-refractivity contribution >= 4 is 17.2 Å². The molecule has 66 valence electrons. The van der Waals surface area contributed by atoms with Gasteiger partial charge in [0.1, 0.15) is 0 Å². The molecule has 0 spiro atoms. The molecule has 0 aliphatic heterocycles. The van der Waals surface area contributed by atoms with Gasteiger partial charge in [-0.15, -0.1) is 0 Å². The number of anilines is 1. The average Bonchev–Trinajstić information content (AvgIpc) is 2.63. The minimum atomic E-state index is 0.691. The third kappa shape index (κ3) is 1.78. The summed E-state index contributed by atoms with van der Waals surface area (Å²) in [4.78, 5) is 0. The maximum absolute atomic E-state index is 4.06. The van der Waals surface area contributed by atoms with E-state index in [9.17, 15) is 0 Å². The van der Waals surface area contributed by atoms with Crippen LogP contribution < -0.4 is 5.32 Å². The quantitative estimate of drug-likeness (QED) is 0.760. The minimum absolute atomic E-state index is 0.691. The van der Waals surface area contributed by atoms with Crippen molar-refractivity contribution in [3.63, 3.8) is 0 Å². The van der Waals surface area contributed by atoms with Crippen LogP contribution >= 0.6 is 11.5 Å². The van der Waals surface area contributed by atoms with Crippen LogP contribution in [-0.4, -0.2) is 10.4 Å². The lowest BCUT2D eigenvalue weighted by Gasteiger charge is -2.11. The maximum atomic E-state index is 4.06. The number of hydrogen-bond acceptors (Lipinski definition) is 3. The molecule has 0 aromatic carbocycles. The van der Waals surface area contributed by atoms with Gasteiger partial charge >= 0.3 is 0 Å². The normalized spacial score (nSPS) is 29.1. The van der Waals surface area contributed by atoms with Crippen molar-refractivity contribution in [1.29, 1.82) is 0 Å². The highest BCUT2D eigenvalue weighted by molar-refractivity contribution is 7.04. The Bertz CT molecular complexity index is 233. The van der Waals surface area contributed by atoms with Gasteiger partial charge in [0.2, 0.25) is 0 Å². The third-order valence-electron chi connectivity index (χ3n) is 2.50. The molecule has 1 fully saturated rings. The van der Waals surface area contributed by atoms with E-state index in [0.29, 0.717) is 6.04 Å². The number of nitrogens with zero attached hydrogens (tertiary/aromatic N) is 1. The molecule has 0 bridgehead atoms. The number of nitrogens with one attached hydrogen (secondary N) is 1. The van der Waals surface area contributed by atoms with Crippen LogP contribution in [0.15, 0.2) is 11.6 Å². The maximum Gasteiger partial charge on any atom is 0.0655 e. The van der Waals surface area contributed by atoms with Crippen LogP contribution in [-0.2, 0) is 0 Å². The van der Waals surface area contributed by atoms with E-state index in [2.05, 4.69) is 22.0 Å². The van der Waals surface area contributed by atoms with Gasteiger partial charge in [0.25, 0.3) is 0 Å². The van der Waals surface area contributed by atoms with Crippen molar-refractivity contribution in [3.8, 4) is 0 Å². The Morgan fingerprint density at radius 1 is 1.58 bits per heavy atom. The second-order valence-electron chi connectivity index (χ2n) is 3.67. The molecule has 1 aliphatic carbocycles. The van der Waals surface area contributed by atoms with Crippen LogP contribution in [0.1, 0.15) is 26.2 Å². The lowest BCUT2D eigenvalue weighted by molar-refractivity contribution is 0.602. The van der Waals surface area contributed by atoms with Crippen molar-refractivity contribution < 1.29 is 0 Å². The molecule has 1 N–H and O–H groups in total. The van der Waals surface area contributed by atoms with Crippen molar-refractivity contribution in [2.24, 2.45) is 5.92 Å². The molecule has 12 heavy (non-hydrogen) atoms. The second-order valence-corrected chi connectivity index (χ2v) is 4.33. The third-order valence-corrected chi connectivity index (χ3v) is 3.08. The zero-order valence-electron chi connectivity index (χ0n) is 7.29. The van der Waals surface area contributed by atoms with Gasteiger partial charge in [0.05, 0.1) is 11.9 Å². The fraction of sp³-hybridized carbons (Fsp3) is 0.667. The average molecular weight is 182 g/mol. The van der Waals surface area contributed by atoms with Crippen molar-refractivity contribution in [1.82, 2.24) is 4.37 Å². The number of aromatic nitrogens is 1. The Kier molecular flexibility index (Phi) is 2.30. The van der Waals surface area contributed by atoms with E-state index in [-0.39, 0.29) is 0 Å². The zero-order chi connectivity index (χ0) is 8.39. The van der Waals surface area contributed by atoms with Crippen molar-refractivity contribution in [2.45, 2.75) is 32.2 Å². The largest absolute Gasteiger partial charge is 0.380 e. The van der Waals surface area contributed by atoms with E-state index in [0.717, 1.165) is 5.92 Å². The van der Waals surface area contributed by atoms with Crippen LogP contribution in [0.4, 0.5) is 5.69 Å². The molecule has 2 nitrogen and oxygen atoms in total. The van der Waals surface area contributed by atoms with Gasteiger partial charge in [-0.2, -0.15) is 4.37 Å². The summed E-state index contributed by atoms with van der Waals surface area (Å²) in [5, 5.41) is 5.57. The van der Waals surface area contributed by atoms with E-state index in [1.165, 1.54) is 36.5 Å². The summed E-state index contributed by atoms with van der Waals surface area (Å²) in [5.41, 5.74) is 1.19. The SMILES string of the molecule is CC1CCC(Nc2cnsc2)C1. The second kappa shape index (κ2) is 3.44. The molecule has 0 radical (unpaired) electrons. The van der Waals surface area contributed by atoms with E-state index in [1.807, 2.05) is 6.20 Å². The highest BCUT2D eigenvalue weighted by atomic mass is 32.1. The Labute approximate surface area is 77.2 Å². The Morgan fingerprint density at radius 2 is 2.50 bits per heavy atom. The fourth-order valence-corrected chi connectivity index (χ4v) is 2.33. The first kappa shape index (κ1) is 8.05. The van der Waals surface area contributed by atoms with Crippen LogP contribution in [0.2, 0.25) is 0 Å². The Hall–Kier alpha value is -0.570. The van der Waals surface area contributed by atoms with Gasteiger partial charge in [-0.1, -0.05) is 6.92 Å². The summed E-state index contributed by atoms with van der Waals surface area (Å²) in [6.07, 6.45) is 5.91. The fourth-order valence-electron chi connectivity index (χ4n) is 1.85. The summed E-state index contributed by atoms with van der Waals surface area (Å²) in [7, 11) is 0. The zero-order valence-corrected chi connectivity index (χ0v) is 8.10. The summed E-state index contributed by atoms with van der Waals surface area (Å²) < 4.78 is 4.06. The van der Waals surface area contributed by atoms with Gasteiger partial charge in [0, 0.05) is 11.4 Å².